The van der Waals surface area contributed by atoms with Crippen molar-refractivity contribution in [2.45, 2.75) is 57.8 Å². The Kier molecular flexibility index (Phi) is 5.78. The number of nitrogens with zero attached hydrogens (tertiary/aromatic N) is 3. The highest BCUT2D eigenvalue weighted by Crippen LogP contribution is 2.23. The van der Waals surface area contributed by atoms with Gasteiger partial charge in [-0.25, -0.2) is 9.97 Å². The summed E-state index contributed by atoms with van der Waals surface area (Å²) in [5, 5.41) is 8.23. The molecule has 3 N–H and O–H groups in total. The molecule has 1 aliphatic carbocycles. The highest BCUT2D eigenvalue weighted by Gasteiger charge is 2.25. The van der Waals surface area contributed by atoms with E-state index in [1.807, 2.05) is 24.8 Å². The average Bonchev–Trinajstić information content (AvgIpc) is 2.60. The van der Waals surface area contributed by atoms with Crippen LogP contribution in [0.4, 0.5) is 5.82 Å². The van der Waals surface area contributed by atoms with Crippen LogP contribution in [0.1, 0.15) is 38.8 Å². The number of ketones is 1. The zero-order valence-corrected chi connectivity index (χ0v) is 15.4. The second kappa shape index (κ2) is 8.05. The molecule has 2 unspecified atom stereocenters. The summed E-state index contributed by atoms with van der Waals surface area (Å²) >= 11 is 0. The number of allylic oxidation sites excluding steroid dienone is 1. The summed E-state index contributed by atoms with van der Waals surface area (Å²) in [4.78, 5) is 22.4. The van der Waals surface area contributed by atoms with Gasteiger partial charge < -0.3 is 20.8 Å². The second-order valence-corrected chi connectivity index (χ2v) is 7.25. The molecule has 26 heavy (non-hydrogen) atoms. The smallest absolute Gasteiger partial charge is 0.153 e. The number of carbonyl (C=O) groups is 1. The zero-order chi connectivity index (χ0) is 18.7. The minimum atomic E-state index is -0.453. The molecule has 1 aliphatic heterocycles. The lowest BCUT2D eigenvalue weighted by molar-refractivity contribution is -0.120. The lowest BCUT2D eigenvalue weighted by Crippen LogP contribution is -2.49. The number of piperidine rings is 1. The Labute approximate surface area is 154 Å². The van der Waals surface area contributed by atoms with E-state index < -0.39 is 6.04 Å². The van der Waals surface area contributed by atoms with Crippen molar-refractivity contribution in [1.29, 1.82) is 5.41 Å². The van der Waals surface area contributed by atoms with Crippen LogP contribution in [0.2, 0.25) is 0 Å². The van der Waals surface area contributed by atoms with E-state index in [2.05, 4.69) is 16.0 Å². The normalized spacial score (nSPS) is 24.2. The van der Waals surface area contributed by atoms with Crippen LogP contribution in [0, 0.1) is 5.41 Å². The molecule has 0 amide bonds. The number of nitrogens with one attached hydrogen (secondary N) is 1. The highest BCUT2D eigenvalue weighted by molar-refractivity contribution is 5.98. The molecule has 7 heteroatoms. The number of nitrogens with two attached hydrogens (primary N) is 1. The molecule has 3 rings (SSSR count). The monoisotopic (exact) mass is 357 g/mol. The van der Waals surface area contributed by atoms with Gasteiger partial charge in [-0.15, -0.1) is 0 Å². The summed E-state index contributed by atoms with van der Waals surface area (Å²) in [7, 11) is 0. The Morgan fingerprint density at radius 3 is 2.92 bits per heavy atom. The molecule has 140 valence electrons. The van der Waals surface area contributed by atoms with Crippen molar-refractivity contribution >= 4 is 17.3 Å². The Morgan fingerprint density at radius 1 is 1.38 bits per heavy atom. The first-order valence-electron chi connectivity index (χ1n) is 9.20. The van der Waals surface area contributed by atoms with Crippen LogP contribution < -0.4 is 10.6 Å². The molecule has 0 radical (unpaired) electrons. The van der Waals surface area contributed by atoms with Crippen molar-refractivity contribution in [3.63, 3.8) is 0 Å². The van der Waals surface area contributed by atoms with Gasteiger partial charge in [0.25, 0.3) is 0 Å². The van der Waals surface area contributed by atoms with E-state index in [-0.39, 0.29) is 18.0 Å². The molecule has 2 aliphatic rings. The Balaban J connectivity index is 1.73. The minimum absolute atomic E-state index is 0.0616. The van der Waals surface area contributed by atoms with Crippen LogP contribution in [0.3, 0.4) is 0 Å². The van der Waals surface area contributed by atoms with E-state index in [1.165, 1.54) is 0 Å². The van der Waals surface area contributed by atoms with Crippen molar-refractivity contribution in [2.24, 2.45) is 5.73 Å². The summed E-state index contributed by atoms with van der Waals surface area (Å²) in [5.41, 5.74) is 8.37. The van der Waals surface area contributed by atoms with Crippen molar-refractivity contribution in [1.82, 2.24) is 9.97 Å². The molecule has 0 bridgehead atoms. The lowest BCUT2D eigenvalue weighted by atomic mass is 9.92. The minimum Gasteiger partial charge on any atom is -0.371 e. The molecular weight excluding hydrogens is 330 g/mol. The largest absolute Gasteiger partial charge is 0.371 e. The van der Waals surface area contributed by atoms with Crippen molar-refractivity contribution in [3.8, 4) is 0 Å². The quantitative estimate of drug-likeness (QED) is 0.830. The van der Waals surface area contributed by atoms with Crippen LogP contribution in [-0.4, -0.2) is 52.8 Å². The number of carbonyl (C=O) groups excluding carboxylic acids is 1. The van der Waals surface area contributed by atoms with Gasteiger partial charge in [-0.05, 0) is 32.3 Å². The summed E-state index contributed by atoms with van der Waals surface area (Å²) < 4.78 is 5.89. The first-order valence-corrected chi connectivity index (χ1v) is 9.20. The number of Topliss-reactive ketones (excluding diaryl/α,β-unsaturated/α-hetero) is 1. The summed E-state index contributed by atoms with van der Waals surface area (Å²) in [6.45, 7) is 5.17. The molecule has 7 nitrogen and oxygen atoms in total. The molecule has 1 fully saturated rings. The number of ether oxygens (including phenoxy) is 1. The summed E-state index contributed by atoms with van der Waals surface area (Å²) in [6, 6.07) is 1.48. The van der Waals surface area contributed by atoms with E-state index in [4.69, 9.17) is 15.9 Å². The third-order valence-corrected chi connectivity index (χ3v) is 4.76. The van der Waals surface area contributed by atoms with Gasteiger partial charge in [-0.3, -0.25) is 4.79 Å². The van der Waals surface area contributed by atoms with Crippen LogP contribution in [0.25, 0.3) is 0 Å². The molecule has 0 aromatic carbocycles. The summed E-state index contributed by atoms with van der Waals surface area (Å²) in [6.07, 6.45) is 6.45. The highest BCUT2D eigenvalue weighted by atomic mass is 16.5. The first kappa shape index (κ1) is 18.7. The molecule has 2 atom stereocenters. The molecule has 0 saturated carbocycles. The molecule has 0 spiro atoms. The van der Waals surface area contributed by atoms with Crippen molar-refractivity contribution < 1.29 is 9.53 Å². The standard InChI is InChI=1S/C19H27N5O2/c1-12(2)26-15-3-4-16(20)13(8-15)7-14-9-19(23-11-22-14)24-6-5-18(25)17(21)10-24/h8-9,11-12,15,17,20H,3-7,10,21H2,1-2H3. The molecule has 2 heterocycles. The maximum absolute atomic E-state index is 11.6. The third-order valence-electron chi connectivity index (χ3n) is 4.76. The number of hydrogen-bond donors (Lipinski definition) is 2. The fourth-order valence-electron chi connectivity index (χ4n) is 3.40. The Hall–Kier alpha value is -2.12. The van der Waals surface area contributed by atoms with E-state index in [0.717, 1.165) is 29.9 Å². The van der Waals surface area contributed by atoms with Crippen LogP contribution in [0.15, 0.2) is 24.0 Å². The van der Waals surface area contributed by atoms with Crippen LogP contribution in [0.5, 0.6) is 0 Å². The molecular formula is C19H27N5O2. The number of rotatable bonds is 5. The maximum Gasteiger partial charge on any atom is 0.153 e. The van der Waals surface area contributed by atoms with E-state index in [0.29, 0.717) is 31.6 Å². The summed E-state index contributed by atoms with van der Waals surface area (Å²) in [5.74, 6) is 0.892. The third kappa shape index (κ3) is 4.53. The fraction of sp³-hybridized carbons (Fsp3) is 0.579. The van der Waals surface area contributed by atoms with Crippen molar-refractivity contribution in [2.75, 3.05) is 18.0 Å². The predicted octanol–water partition coefficient (Wildman–Crippen LogP) is 1.66. The Bertz CT molecular complexity index is 716. The van der Waals surface area contributed by atoms with Gasteiger partial charge >= 0.3 is 0 Å². The maximum atomic E-state index is 11.6. The van der Waals surface area contributed by atoms with Gasteiger partial charge in [0.1, 0.15) is 12.1 Å². The number of hydrogen-bond acceptors (Lipinski definition) is 7. The van der Waals surface area contributed by atoms with Gasteiger partial charge in [-0.2, -0.15) is 0 Å². The first-order chi connectivity index (χ1) is 12.4. The van der Waals surface area contributed by atoms with Crippen molar-refractivity contribution in [3.05, 3.63) is 29.7 Å². The number of aromatic nitrogens is 2. The SMILES string of the molecule is CC(C)OC1C=C(Cc2cc(N3CCC(=O)C(N)C3)ncn2)C(=N)CC1. The zero-order valence-electron chi connectivity index (χ0n) is 15.4. The predicted molar refractivity (Wildman–Crippen MR) is 101 cm³/mol. The van der Waals surface area contributed by atoms with E-state index in [9.17, 15) is 4.79 Å². The molecule has 1 saturated heterocycles. The average molecular weight is 357 g/mol. The topological polar surface area (TPSA) is 105 Å². The lowest BCUT2D eigenvalue weighted by Gasteiger charge is -2.30. The van der Waals surface area contributed by atoms with E-state index >= 15 is 0 Å². The second-order valence-electron chi connectivity index (χ2n) is 7.25. The van der Waals surface area contributed by atoms with E-state index in [1.54, 1.807) is 6.33 Å². The molecule has 1 aromatic rings. The van der Waals surface area contributed by atoms with Gasteiger partial charge in [0.2, 0.25) is 0 Å². The Morgan fingerprint density at radius 2 is 2.19 bits per heavy atom. The van der Waals surface area contributed by atoms with Gasteiger partial charge in [0.15, 0.2) is 5.78 Å². The fourth-order valence-corrected chi connectivity index (χ4v) is 3.40. The van der Waals surface area contributed by atoms with Gasteiger partial charge in [-0.1, -0.05) is 6.08 Å². The van der Waals surface area contributed by atoms with Gasteiger partial charge in [0.05, 0.1) is 23.9 Å². The molecule has 1 aromatic heterocycles. The van der Waals surface area contributed by atoms with Crippen LogP contribution in [-0.2, 0) is 16.0 Å². The van der Waals surface area contributed by atoms with Crippen LogP contribution >= 0.6 is 0 Å². The van der Waals surface area contributed by atoms with Gasteiger partial charge in [0, 0.05) is 37.7 Å². The number of anilines is 1.